The molecule has 1 N–H and O–H groups in total. The number of hydrogen-bond acceptors (Lipinski definition) is 1. The SMILES string of the molecule is Cc1cc(Cl)cc2c1N[C@H](c1ccccc1)[C@@H]1Cc3ccccc3[C@H]21. The number of fused-ring (bicyclic) bond motifs is 5. The number of benzene rings is 3. The lowest BCUT2D eigenvalue weighted by Crippen LogP contribution is -2.30. The molecule has 0 bridgehead atoms. The number of nitrogens with one attached hydrogen (secondary N) is 1. The van der Waals surface area contributed by atoms with Gasteiger partial charge in [0, 0.05) is 16.6 Å². The summed E-state index contributed by atoms with van der Waals surface area (Å²) in [7, 11) is 0. The summed E-state index contributed by atoms with van der Waals surface area (Å²) in [5, 5.41) is 4.69. The highest BCUT2D eigenvalue weighted by Crippen LogP contribution is 2.54. The first-order chi connectivity index (χ1) is 12.2. The molecule has 2 heteroatoms. The van der Waals surface area contributed by atoms with Crippen LogP contribution in [0.2, 0.25) is 5.02 Å². The van der Waals surface area contributed by atoms with Crippen LogP contribution in [-0.2, 0) is 6.42 Å². The first-order valence-electron chi connectivity index (χ1n) is 8.91. The van der Waals surface area contributed by atoms with Crippen molar-refractivity contribution < 1.29 is 0 Å². The van der Waals surface area contributed by atoms with Crippen molar-refractivity contribution in [3.8, 4) is 0 Å². The van der Waals surface area contributed by atoms with Gasteiger partial charge in [0.1, 0.15) is 0 Å². The molecule has 0 fully saturated rings. The zero-order valence-electron chi connectivity index (χ0n) is 14.2. The van der Waals surface area contributed by atoms with Crippen LogP contribution in [-0.4, -0.2) is 0 Å². The van der Waals surface area contributed by atoms with E-state index < -0.39 is 0 Å². The molecular formula is C23H20ClN. The fourth-order valence-electron chi connectivity index (χ4n) is 4.80. The highest BCUT2D eigenvalue weighted by Gasteiger charge is 2.43. The molecule has 3 aromatic carbocycles. The Labute approximate surface area is 153 Å². The Hall–Kier alpha value is -2.25. The molecule has 0 aromatic heterocycles. The fourth-order valence-corrected chi connectivity index (χ4v) is 5.08. The molecule has 0 spiro atoms. The molecular weight excluding hydrogens is 326 g/mol. The summed E-state index contributed by atoms with van der Waals surface area (Å²) < 4.78 is 0. The van der Waals surface area contributed by atoms with Crippen LogP contribution in [0.4, 0.5) is 5.69 Å². The van der Waals surface area contributed by atoms with Crippen LogP contribution < -0.4 is 5.32 Å². The van der Waals surface area contributed by atoms with E-state index in [4.69, 9.17) is 11.6 Å². The van der Waals surface area contributed by atoms with Crippen molar-refractivity contribution in [2.24, 2.45) is 5.92 Å². The van der Waals surface area contributed by atoms with Gasteiger partial charge in [0.05, 0.1) is 6.04 Å². The minimum absolute atomic E-state index is 0.325. The number of anilines is 1. The number of hydrogen-bond donors (Lipinski definition) is 1. The molecule has 124 valence electrons. The van der Waals surface area contributed by atoms with Crippen LogP contribution in [0.1, 0.15) is 39.8 Å². The Bertz CT molecular complexity index is 948. The summed E-state index contributed by atoms with van der Waals surface area (Å²) in [6.45, 7) is 2.15. The van der Waals surface area contributed by atoms with Crippen molar-refractivity contribution in [1.82, 2.24) is 0 Å². The van der Waals surface area contributed by atoms with Crippen LogP contribution in [0.15, 0.2) is 66.7 Å². The molecule has 3 aromatic rings. The predicted molar refractivity (Wildman–Crippen MR) is 104 cm³/mol. The van der Waals surface area contributed by atoms with Crippen molar-refractivity contribution in [3.05, 3.63) is 99.6 Å². The smallest absolute Gasteiger partial charge is 0.0554 e. The van der Waals surface area contributed by atoms with Gasteiger partial charge in [0.25, 0.3) is 0 Å². The van der Waals surface area contributed by atoms with Gasteiger partial charge < -0.3 is 5.32 Å². The van der Waals surface area contributed by atoms with Crippen LogP contribution in [0.3, 0.4) is 0 Å². The molecule has 5 rings (SSSR count). The van der Waals surface area contributed by atoms with E-state index in [1.54, 1.807) is 0 Å². The fraction of sp³-hybridized carbons (Fsp3) is 0.217. The summed E-state index contributed by atoms with van der Waals surface area (Å²) in [6.07, 6.45) is 1.11. The molecule has 0 unspecified atom stereocenters. The third-order valence-corrected chi connectivity index (χ3v) is 6.04. The molecule has 0 amide bonds. The lowest BCUT2D eigenvalue weighted by Gasteiger charge is -2.39. The minimum Gasteiger partial charge on any atom is -0.377 e. The first-order valence-corrected chi connectivity index (χ1v) is 9.29. The lowest BCUT2D eigenvalue weighted by molar-refractivity contribution is 0.420. The minimum atomic E-state index is 0.325. The number of halogens is 1. The second-order valence-electron chi connectivity index (χ2n) is 7.26. The Kier molecular flexibility index (Phi) is 3.39. The predicted octanol–water partition coefficient (Wildman–Crippen LogP) is 6.12. The Morgan fingerprint density at radius 3 is 2.52 bits per heavy atom. The molecule has 1 aliphatic heterocycles. The van der Waals surface area contributed by atoms with Crippen molar-refractivity contribution in [1.29, 1.82) is 0 Å². The molecule has 2 aliphatic rings. The maximum absolute atomic E-state index is 6.43. The van der Waals surface area contributed by atoms with Gasteiger partial charge in [0.2, 0.25) is 0 Å². The highest BCUT2D eigenvalue weighted by atomic mass is 35.5. The highest BCUT2D eigenvalue weighted by molar-refractivity contribution is 6.30. The van der Waals surface area contributed by atoms with Crippen molar-refractivity contribution in [2.75, 3.05) is 5.32 Å². The van der Waals surface area contributed by atoms with E-state index in [9.17, 15) is 0 Å². The van der Waals surface area contributed by atoms with E-state index in [2.05, 4.69) is 79.0 Å². The molecule has 1 nitrogen and oxygen atoms in total. The number of rotatable bonds is 1. The molecule has 3 atom stereocenters. The van der Waals surface area contributed by atoms with Gasteiger partial charge >= 0.3 is 0 Å². The van der Waals surface area contributed by atoms with Gasteiger partial charge in [-0.15, -0.1) is 0 Å². The standard InChI is InChI=1S/C23H20ClN/c1-14-11-17(24)13-20-21-18-10-6-5-9-16(18)12-19(21)23(25-22(14)20)15-7-3-2-4-8-15/h2-11,13,19,21,23,25H,12H2,1H3/t19-,21+,23-/m1/s1. The van der Waals surface area contributed by atoms with Gasteiger partial charge in [-0.2, -0.15) is 0 Å². The second kappa shape index (κ2) is 5.64. The third kappa shape index (κ3) is 2.30. The Morgan fingerprint density at radius 2 is 1.68 bits per heavy atom. The number of aryl methyl sites for hydroxylation is 1. The average Bonchev–Trinajstić information content (AvgIpc) is 3.02. The summed E-state index contributed by atoms with van der Waals surface area (Å²) in [5.41, 5.74) is 8.16. The van der Waals surface area contributed by atoms with Crippen molar-refractivity contribution >= 4 is 17.3 Å². The Morgan fingerprint density at radius 1 is 0.920 bits per heavy atom. The zero-order chi connectivity index (χ0) is 17.0. The monoisotopic (exact) mass is 345 g/mol. The van der Waals surface area contributed by atoms with E-state index in [1.165, 1.54) is 33.5 Å². The molecule has 0 saturated heterocycles. The second-order valence-corrected chi connectivity index (χ2v) is 7.70. The van der Waals surface area contributed by atoms with Crippen molar-refractivity contribution in [2.45, 2.75) is 25.3 Å². The molecule has 1 heterocycles. The van der Waals surface area contributed by atoms with Gasteiger partial charge in [-0.3, -0.25) is 0 Å². The van der Waals surface area contributed by atoms with Crippen LogP contribution in [0, 0.1) is 12.8 Å². The quantitative estimate of drug-likeness (QED) is 0.560. The van der Waals surface area contributed by atoms with Gasteiger partial charge in [-0.05, 0) is 59.2 Å². The summed E-state index contributed by atoms with van der Waals surface area (Å²) >= 11 is 6.43. The summed E-state index contributed by atoms with van der Waals surface area (Å²) in [5.74, 6) is 0.931. The third-order valence-electron chi connectivity index (χ3n) is 5.83. The van der Waals surface area contributed by atoms with E-state index in [1.807, 2.05) is 0 Å². The normalized spacial score (nSPS) is 23.4. The van der Waals surface area contributed by atoms with Crippen LogP contribution in [0.5, 0.6) is 0 Å². The summed E-state index contributed by atoms with van der Waals surface area (Å²) in [6, 6.07) is 24.3. The van der Waals surface area contributed by atoms with Crippen LogP contribution in [0.25, 0.3) is 0 Å². The van der Waals surface area contributed by atoms with Crippen LogP contribution >= 0.6 is 11.6 Å². The maximum atomic E-state index is 6.43. The van der Waals surface area contributed by atoms with Gasteiger partial charge in [-0.25, -0.2) is 0 Å². The largest absolute Gasteiger partial charge is 0.377 e. The summed E-state index contributed by atoms with van der Waals surface area (Å²) in [4.78, 5) is 0. The lowest BCUT2D eigenvalue weighted by atomic mass is 9.75. The molecule has 0 radical (unpaired) electrons. The Balaban J connectivity index is 1.73. The molecule has 1 aliphatic carbocycles. The van der Waals surface area contributed by atoms with E-state index in [0.717, 1.165) is 11.4 Å². The van der Waals surface area contributed by atoms with E-state index in [0.29, 0.717) is 17.9 Å². The molecule has 25 heavy (non-hydrogen) atoms. The first kappa shape index (κ1) is 15.0. The maximum Gasteiger partial charge on any atom is 0.0554 e. The van der Waals surface area contributed by atoms with Crippen molar-refractivity contribution in [3.63, 3.8) is 0 Å². The average molecular weight is 346 g/mol. The zero-order valence-corrected chi connectivity index (χ0v) is 14.9. The van der Waals surface area contributed by atoms with Gasteiger partial charge in [0.15, 0.2) is 0 Å². The topological polar surface area (TPSA) is 12.0 Å². The molecule has 0 saturated carbocycles. The van der Waals surface area contributed by atoms with Gasteiger partial charge in [-0.1, -0.05) is 66.2 Å². The van der Waals surface area contributed by atoms with E-state index >= 15 is 0 Å². The van der Waals surface area contributed by atoms with E-state index in [-0.39, 0.29) is 0 Å².